The first-order valence-electron chi connectivity index (χ1n) is 4.75. The van der Waals surface area contributed by atoms with Gasteiger partial charge in [0, 0.05) is 19.2 Å². The summed E-state index contributed by atoms with van der Waals surface area (Å²) in [4.78, 5) is 2.56. The Morgan fingerprint density at radius 1 is 1.36 bits per heavy atom. The summed E-state index contributed by atoms with van der Waals surface area (Å²) in [5.74, 6) is 0.582. The molecule has 2 heteroatoms. The summed E-state index contributed by atoms with van der Waals surface area (Å²) >= 11 is 0. The van der Waals surface area contributed by atoms with Gasteiger partial charge in [-0.3, -0.25) is 0 Å². The molecule has 0 aromatic rings. The van der Waals surface area contributed by atoms with E-state index < -0.39 is 0 Å². The molecule has 11 heavy (non-hydrogen) atoms. The molecule has 2 aliphatic rings. The van der Waals surface area contributed by atoms with Crippen LogP contribution in [-0.2, 0) is 0 Å². The molecule has 0 aromatic carbocycles. The summed E-state index contributed by atoms with van der Waals surface area (Å²) in [6.45, 7) is 2.83. The summed E-state index contributed by atoms with van der Waals surface area (Å²) < 4.78 is 0. The van der Waals surface area contributed by atoms with Crippen LogP contribution in [0.25, 0.3) is 0 Å². The van der Waals surface area contributed by atoms with E-state index in [1.54, 1.807) is 0 Å². The van der Waals surface area contributed by atoms with E-state index in [1.165, 1.54) is 32.2 Å². The van der Waals surface area contributed by atoms with Crippen molar-refractivity contribution < 1.29 is 5.11 Å². The molecule has 0 bridgehead atoms. The van der Waals surface area contributed by atoms with Crippen molar-refractivity contribution in [3.05, 3.63) is 0 Å². The summed E-state index contributed by atoms with van der Waals surface area (Å²) in [6, 6.07) is 0.820. The van der Waals surface area contributed by atoms with E-state index in [1.807, 2.05) is 0 Å². The first kappa shape index (κ1) is 7.56. The van der Waals surface area contributed by atoms with E-state index in [2.05, 4.69) is 4.90 Å². The van der Waals surface area contributed by atoms with Gasteiger partial charge in [0.1, 0.15) is 0 Å². The predicted molar refractivity (Wildman–Crippen MR) is 44.4 cm³/mol. The first-order chi connectivity index (χ1) is 5.40. The molecule has 0 radical (unpaired) electrons. The molecule has 2 aliphatic heterocycles. The van der Waals surface area contributed by atoms with Gasteiger partial charge in [-0.1, -0.05) is 6.42 Å². The standard InChI is InChI=1S/C9H17NO/c11-7-8-5-9-3-1-2-4-10(9)6-8/h8-9,11H,1-7H2. The first-order valence-corrected chi connectivity index (χ1v) is 4.75. The number of hydrogen-bond acceptors (Lipinski definition) is 2. The topological polar surface area (TPSA) is 23.5 Å². The van der Waals surface area contributed by atoms with Crippen LogP contribution in [0.3, 0.4) is 0 Å². The van der Waals surface area contributed by atoms with Crippen molar-refractivity contribution in [1.29, 1.82) is 0 Å². The SMILES string of the molecule is OCC1CC2CCCCN2C1. The Labute approximate surface area is 68.2 Å². The van der Waals surface area contributed by atoms with E-state index >= 15 is 0 Å². The van der Waals surface area contributed by atoms with Crippen LogP contribution in [0.1, 0.15) is 25.7 Å². The maximum atomic E-state index is 8.99. The minimum atomic E-state index is 0.396. The van der Waals surface area contributed by atoms with Crippen molar-refractivity contribution in [3.8, 4) is 0 Å². The number of rotatable bonds is 1. The molecule has 0 saturated carbocycles. The van der Waals surface area contributed by atoms with E-state index in [4.69, 9.17) is 5.11 Å². The van der Waals surface area contributed by atoms with Crippen LogP contribution in [-0.4, -0.2) is 35.7 Å². The molecule has 2 atom stereocenters. The van der Waals surface area contributed by atoms with Crippen LogP contribution in [0.2, 0.25) is 0 Å². The molecule has 0 spiro atoms. The fourth-order valence-corrected chi connectivity index (χ4v) is 2.49. The number of hydrogen-bond donors (Lipinski definition) is 1. The van der Waals surface area contributed by atoms with Crippen molar-refractivity contribution in [2.45, 2.75) is 31.7 Å². The van der Waals surface area contributed by atoms with Gasteiger partial charge in [-0.15, -0.1) is 0 Å². The van der Waals surface area contributed by atoms with Gasteiger partial charge in [0.05, 0.1) is 0 Å². The highest BCUT2D eigenvalue weighted by Crippen LogP contribution is 2.29. The van der Waals surface area contributed by atoms with Crippen molar-refractivity contribution in [3.63, 3.8) is 0 Å². The Morgan fingerprint density at radius 3 is 3.00 bits per heavy atom. The summed E-state index contributed by atoms with van der Waals surface area (Å²) in [7, 11) is 0. The second kappa shape index (κ2) is 3.11. The molecule has 2 nitrogen and oxygen atoms in total. The predicted octanol–water partition coefficient (Wildman–Crippen LogP) is 0.853. The molecular formula is C9H17NO. The Balaban J connectivity index is 1.92. The summed E-state index contributed by atoms with van der Waals surface area (Å²) in [6.07, 6.45) is 5.39. The average molecular weight is 155 g/mol. The molecule has 2 saturated heterocycles. The summed E-state index contributed by atoms with van der Waals surface area (Å²) in [5.41, 5.74) is 0. The van der Waals surface area contributed by atoms with E-state index in [0.29, 0.717) is 12.5 Å². The third kappa shape index (κ3) is 1.42. The van der Waals surface area contributed by atoms with Crippen molar-refractivity contribution in [1.82, 2.24) is 4.90 Å². The summed E-state index contributed by atoms with van der Waals surface area (Å²) in [5, 5.41) is 8.99. The van der Waals surface area contributed by atoms with Crippen LogP contribution in [0.15, 0.2) is 0 Å². The fraction of sp³-hybridized carbons (Fsp3) is 1.00. The third-order valence-corrected chi connectivity index (χ3v) is 3.11. The highest BCUT2D eigenvalue weighted by atomic mass is 16.3. The van der Waals surface area contributed by atoms with E-state index in [-0.39, 0.29) is 0 Å². The minimum absolute atomic E-state index is 0.396. The van der Waals surface area contributed by atoms with Gasteiger partial charge in [-0.05, 0) is 31.7 Å². The zero-order valence-corrected chi connectivity index (χ0v) is 7.00. The van der Waals surface area contributed by atoms with Gasteiger partial charge in [0.15, 0.2) is 0 Å². The highest BCUT2D eigenvalue weighted by Gasteiger charge is 2.32. The van der Waals surface area contributed by atoms with Crippen LogP contribution in [0.4, 0.5) is 0 Å². The molecule has 0 amide bonds. The lowest BCUT2D eigenvalue weighted by Gasteiger charge is -2.28. The van der Waals surface area contributed by atoms with Crippen molar-refractivity contribution in [2.75, 3.05) is 19.7 Å². The molecule has 1 N–H and O–H groups in total. The van der Waals surface area contributed by atoms with Crippen molar-refractivity contribution in [2.24, 2.45) is 5.92 Å². The molecule has 2 heterocycles. The Bertz CT molecular complexity index is 124. The lowest BCUT2D eigenvalue weighted by molar-refractivity contribution is 0.189. The smallest absolute Gasteiger partial charge is 0.0472 e. The highest BCUT2D eigenvalue weighted by molar-refractivity contribution is 4.87. The van der Waals surface area contributed by atoms with E-state index in [0.717, 1.165) is 12.6 Å². The zero-order chi connectivity index (χ0) is 7.68. The maximum absolute atomic E-state index is 8.99. The number of aliphatic hydroxyl groups is 1. The molecule has 2 rings (SSSR count). The van der Waals surface area contributed by atoms with Gasteiger partial charge in [0.25, 0.3) is 0 Å². The fourth-order valence-electron chi connectivity index (χ4n) is 2.49. The average Bonchev–Trinajstić information content (AvgIpc) is 2.46. The van der Waals surface area contributed by atoms with Gasteiger partial charge < -0.3 is 10.0 Å². The largest absolute Gasteiger partial charge is 0.396 e. The number of piperidine rings is 1. The Hall–Kier alpha value is -0.0800. The normalized spacial score (nSPS) is 39.0. The van der Waals surface area contributed by atoms with Gasteiger partial charge >= 0.3 is 0 Å². The van der Waals surface area contributed by atoms with Gasteiger partial charge in [-0.25, -0.2) is 0 Å². The van der Waals surface area contributed by atoms with Crippen LogP contribution in [0, 0.1) is 5.92 Å². The molecule has 2 fully saturated rings. The van der Waals surface area contributed by atoms with Crippen molar-refractivity contribution >= 4 is 0 Å². The second-order valence-corrected chi connectivity index (χ2v) is 3.93. The maximum Gasteiger partial charge on any atom is 0.0472 e. The number of fused-ring (bicyclic) bond motifs is 1. The lowest BCUT2D eigenvalue weighted by atomic mass is 10.0. The minimum Gasteiger partial charge on any atom is -0.396 e. The quantitative estimate of drug-likeness (QED) is 0.607. The molecule has 2 unspecified atom stereocenters. The Kier molecular flexibility index (Phi) is 2.14. The number of nitrogens with zero attached hydrogens (tertiary/aromatic N) is 1. The van der Waals surface area contributed by atoms with Gasteiger partial charge in [-0.2, -0.15) is 0 Å². The Morgan fingerprint density at radius 2 is 2.27 bits per heavy atom. The van der Waals surface area contributed by atoms with Crippen LogP contribution in [0.5, 0.6) is 0 Å². The molecule has 0 aliphatic carbocycles. The zero-order valence-electron chi connectivity index (χ0n) is 7.00. The molecule has 64 valence electrons. The van der Waals surface area contributed by atoms with Gasteiger partial charge in [0.2, 0.25) is 0 Å². The van der Waals surface area contributed by atoms with E-state index in [9.17, 15) is 0 Å². The lowest BCUT2D eigenvalue weighted by Crippen LogP contribution is -2.34. The third-order valence-electron chi connectivity index (χ3n) is 3.11. The monoisotopic (exact) mass is 155 g/mol. The second-order valence-electron chi connectivity index (χ2n) is 3.93. The number of aliphatic hydroxyl groups excluding tert-OH is 1. The van der Waals surface area contributed by atoms with Crippen LogP contribution >= 0.6 is 0 Å². The molecule has 0 aromatic heterocycles. The van der Waals surface area contributed by atoms with Crippen LogP contribution < -0.4 is 0 Å². The molecular weight excluding hydrogens is 138 g/mol.